The second kappa shape index (κ2) is 6.98. The van der Waals surface area contributed by atoms with Crippen LogP contribution < -0.4 is 4.74 Å². The Morgan fingerprint density at radius 1 is 1.12 bits per heavy atom. The van der Waals surface area contributed by atoms with Gasteiger partial charge in [-0.15, -0.1) is 13.2 Å². The molecule has 24 heavy (non-hydrogen) atoms. The zero-order valence-corrected chi connectivity index (χ0v) is 12.9. The summed E-state index contributed by atoms with van der Waals surface area (Å²) in [4.78, 5) is 14.4. The molecule has 0 radical (unpaired) electrons. The van der Waals surface area contributed by atoms with Crippen molar-refractivity contribution in [3.8, 4) is 5.75 Å². The van der Waals surface area contributed by atoms with E-state index in [2.05, 4.69) is 4.74 Å². The van der Waals surface area contributed by atoms with E-state index in [4.69, 9.17) is 9.47 Å². The first kappa shape index (κ1) is 17.0. The fourth-order valence-corrected chi connectivity index (χ4v) is 3.06. The third-order valence-electron chi connectivity index (χ3n) is 4.11. The zero-order chi connectivity index (χ0) is 17.2. The summed E-state index contributed by atoms with van der Waals surface area (Å²) >= 11 is 0. The highest BCUT2D eigenvalue weighted by Crippen LogP contribution is 2.27. The van der Waals surface area contributed by atoms with Gasteiger partial charge < -0.3 is 19.1 Å². The minimum atomic E-state index is -4.75. The SMILES string of the molecule is O=C(c1ccc(OC(F)(F)F)cc1)N1CCCC[C@H]1C1OCCO1. The van der Waals surface area contributed by atoms with Crippen LogP contribution in [0.5, 0.6) is 5.75 Å². The molecule has 0 aromatic heterocycles. The maximum absolute atomic E-state index is 12.7. The average molecular weight is 345 g/mol. The molecule has 0 N–H and O–H groups in total. The second-order valence-electron chi connectivity index (χ2n) is 5.74. The Kier molecular flexibility index (Phi) is 4.96. The summed E-state index contributed by atoms with van der Waals surface area (Å²) in [6, 6.07) is 4.79. The maximum atomic E-state index is 12.7. The number of alkyl halides is 3. The molecule has 1 aromatic carbocycles. The van der Waals surface area contributed by atoms with Crippen molar-refractivity contribution >= 4 is 5.91 Å². The van der Waals surface area contributed by atoms with Crippen molar-refractivity contribution in [3.63, 3.8) is 0 Å². The minimum absolute atomic E-state index is 0.167. The molecule has 0 aliphatic carbocycles. The highest BCUT2D eigenvalue weighted by Gasteiger charge is 2.36. The Hall–Kier alpha value is -1.80. The van der Waals surface area contributed by atoms with Crippen molar-refractivity contribution in [3.05, 3.63) is 29.8 Å². The number of ether oxygens (including phenoxy) is 3. The first-order valence-electron chi connectivity index (χ1n) is 7.84. The van der Waals surface area contributed by atoms with Crippen LogP contribution >= 0.6 is 0 Å². The van der Waals surface area contributed by atoms with Gasteiger partial charge in [-0.3, -0.25) is 4.79 Å². The molecule has 132 valence electrons. The van der Waals surface area contributed by atoms with Gasteiger partial charge in [0.2, 0.25) is 0 Å². The molecule has 0 bridgehead atoms. The molecule has 5 nitrogen and oxygen atoms in total. The molecular formula is C16H18F3NO4. The van der Waals surface area contributed by atoms with Crippen LogP contribution in [0.4, 0.5) is 13.2 Å². The molecule has 2 fully saturated rings. The van der Waals surface area contributed by atoms with Crippen molar-refractivity contribution in [2.24, 2.45) is 0 Å². The van der Waals surface area contributed by atoms with Crippen LogP contribution in [0.3, 0.4) is 0 Å². The van der Waals surface area contributed by atoms with E-state index in [9.17, 15) is 18.0 Å². The number of piperidine rings is 1. The number of carbonyl (C=O) groups excluding carboxylic acids is 1. The topological polar surface area (TPSA) is 48.0 Å². The molecule has 2 aliphatic heterocycles. The first-order valence-corrected chi connectivity index (χ1v) is 7.84. The van der Waals surface area contributed by atoms with E-state index >= 15 is 0 Å². The van der Waals surface area contributed by atoms with Crippen LogP contribution in [0.2, 0.25) is 0 Å². The van der Waals surface area contributed by atoms with E-state index in [-0.39, 0.29) is 17.7 Å². The third-order valence-corrected chi connectivity index (χ3v) is 4.11. The number of nitrogens with zero attached hydrogens (tertiary/aromatic N) is 1. The zero-order valence-electron chi connectivity index (χ0n) is 12.9. The monoisotopic (exact) mass is 345 g/mol. The highest BCUT2D eigenvalue weighted by atomic mass is 19.4. The van der Waals surface area contributed by atoms with Gasteiger partial charge in [0.15, 0.2) is 6.29 Å². The van der Waals surface area contributed by atoms with Gasteiger partial charge in [0.05, 0.1) is 19.3 Å². The first-order chi connectivity index (χ1) is 11.4. The molecule has 2 saturated heterocycles. The fraction of sp³-hybridized carbons (Fsp3) is 0.562. The molecule has 2 heterocycles. The lowest BCUT2D eigenvalue weighted by Gasteiger charge is -2.38. The Morgan fingerprint density at radius 3 is 2.42 bits per heavy atom. The largest absolute Gasteiger partial charge is 0.573 e. The number of halogens is 3. The predicted octanol–water partition coefficient (Wildman–Crippen LogP) is 2.95. The van der Waals surface area contributed by atoms with Gasteiger partial charge in [0.25, 0.3) is 5.91 Å². The van der Waals surface area contributed by atoms with Crippen molar-refractivity contribution in [1.82, 2.24) is 4.90 Å². The molecule has 1 aromatic rings. The number of carbonyl (C=O) groups is 1. The third kappa shape index (κ3) is 3.99. The van der Waals surface area contributed by atoms with E-state index in [1.54, 1.807) is 4.90 Å². The van der Waals surface area contributed by atoms with Crippen molar-refractivity contribution in [2.45, 2.75) is 38.0 Å². The van der Waals surface area contributed by atoms with E-state index in [0.29, 0.717) is 25.3 Å². The van der Waals surface area contributed by atoms with Gasteiger partial charge in [-0.2, -0.15) is 0 Å². The lowest BCUT2D eigenvalue weighted by molar-refractivity contribution is -0.274. The second-order valence-corrected chi connectivity index (χ2v) is 5.74. The van der Waals surface area contributed by atoms with Crippen LogP contribution in [0.1, 0.15) is 29.6 Å². The Morgan fingerprint density at radius 2 is 1.79 bits per heavy atom. The Balaban J connectivity index is 1.71. The lowest BCUT2D eigenvalue weighted by Crippen LogP contribution is -2.50. The van der Waals surface area contributed by atoms with E-state index in [1.807, 2.05) is 0 Å². The summed E-state index contributed by atoms with van der Waals surface area (Å²) in [5.41, 5.74) is 0.314. The molecule has 0 spiro atoms. The van der Waals surface area contributed by atoms with Crippen molar-refractivity contribution < 1.29 is 32.2 Å². The fourth-order valence-electron chi connectivity index (χ4n) is 3.06. The van der Waals surface area contributed by atoms with Crippen molar-refractivity contribution in [1.29, 1.82) is 0 Å². The van der Waals surface area contributed by atoms with E-state index < -0.39 is 12.7 Å². The number of rotatable bonds is 3. The summed E-state index contributed by atoms with van der Waals surface area (Å²) in [5.74, 6) is -0.589. The van der Waals surface area contributed by atoms with Gasteiger partial charge in [0.1, 0.15) is 5.75 Å². The summed E-state index contributed by atoms with van der Waals surface area (Å²) < 4.78 is 51.4. The van der Waals surface area contributed by atoms with Gasteiger partial charge >= 0.3 is 6.36 Å². The molecule has 1 amide bonds. The highest BCUT2D eigenvalue weighted by molar-refractivity contribution is 5.94. The molecule has 3 rings (SSSR count). The van der Waals surface area contributed by atoms with Crippen LogP contribution in [0, 0.1) is 0 Å². The number of likely N-dealkylation sites (tertiary alicyclic amines) is 1. The normalized spacial score (nSPS) is 22.6. The standard InChI is InChI=1S/C16H18F3NO4/c17-16(18,19)24-12-6-4-11(5-7-12)14(21)20-8-2-1-3-13(20)15-22-9-10-23-15/h4-7,13,15H,1-3,8-10H2/t13-/m0/s1. The van der Waals surface area contributed by atoms with Gasteiger partial charge in [-0.05, 0) is 43.5 Å². The number of benzene rings is 1. The Bertz CT molecular complexity index is 570. The molecule has 0 saturated carbocycles. The number of hydrogen-bond acceptors (Lipinski definition) is 4. The van der Waals surface area contributed by atoms with Gasteiger partial charge in [-0.25, -0.2) is 0 Å². The number of hydrogen-bond donors (Lipinski definition) is 0. The summed E-state index contributed by atoms with van der Waals surface area (Å²) in [5, 5.41) is 0. The quantitative estimate of drug-likeness (QED) is 0.845. The summed E-state index contributed by atoms with van der Waals surface area (Å²) in [6.45, 7) is 1.59. The van der Waals surface area contributed by atoms with Crippen LogP contribution in [-0.2, 0) is 9.47 Å². The van der Waals surface area contributed by atoms with Crippen LogP contribution in [-0.4, -0.2) is 49.3 Å². The lowest BCUT2D eigenvalue weighted by atomic mass is 10.00. The average Bonchev–Trinajstić information content (AvgIpc) is 3.08. The molecule has 8 heteroatoms. The van der Waals surface area contributed by atoms with E-state index in [0.717, 1.165) is 31.4 Å². The van der Waals surface area contributed by atoms with E-state index in [1.165, 1.54) is 12.1 Å². The van der Waals surface area contributed by atoms with Crippen LogP contribution in [0.15, 0.2) is 24.3 Å². The predicted molar refractivity (Wildman–Crippen MR) is 77.5 cm³/mol. The maximum Gasteiger partial charge on any atom is 0.573 e. The van der Waals surface area contributed by atoms with Gasteiger partial charge in [-0.1, -0.05) is 0 Å². The number of amides is 1. The molecule has 2 aliphatic rings. The summed E-state index contributed by atoms with van der Waals surface area (Å²) in [7, 11) is 0. The Labute approximate surface area is 137 Å². The summed E-state index contributed by atoms with van der Waals surface area (Å²) in [6.07, 6.45) is -2.53. The molecular weight excluding hydrogens is 327 g/mol. The van der Waals surface area contributed by atoms with Crippen molar-refractivity contribution in [2.75, 3.05) is 19.8 Å². The van der Waals surface area contributed by atoms with Crippen LogP contribution in [0.25, 0.3) is 0 Å². The van der Waals surface area contributed by atoms with Gasteiger partial charge in [0, 0.05) is 12.1 Å². The smallest absolute Gasteiger partial charge is 0.406 e. The molecule has 0 unspecified atom stereocenters. The molecule has 1 atom stereocenters. The minimum Gasteiger partial charge on any atom is -0.406 e.